The second kappa shape index (κ2) is 7.64. The number of carbonyl (C=O) groups excluding carboxylic acids is 1. The van der Waals surface area contributed by atoms with Gasteiger partial charge in [0.25, 0.3) is 0 Å². The smallest absolute Gasteiger partial charge is 0.320 e. The molecule has 0 spiro atoms. The van der Waals surface area contributed by atoms with E-state index in [1.807, 2.05) is 12.4 Å². The summed E-state index contributed by atoms with van der Waals surface area (Å²) in [5, 5.41) is 0.122. The number of hydrogen-bond donors (Lipinski definition) is 1. The first kappa shape index (κ1) is 20.5. The van der Waals surface area contributed by atoms with Crippen LogP contribution in [0.1, 0.15) is 52.2 Å². The van der Waals surface area contributed by atoms with E-state index in [0.29, 0.717) is 22.1 Å². The Bertz CT molecular complexity index is 877. The number of nitrogens with two attached hydrogens (primary N) is 1. The van der Waals surface area contributed by atoms with Crippen molar-refractivity contribution in [2.75, 3.05) is 11.4 Å². The van der Waals surface area contributed by atoms with Crippen LogP contribution < -0.4 is 10.6 Å². The molecule has 1 aliphatic rings. The molecule has 6 nitrogen and oxygen atoms in total. The molecule has 0 fully saturated rings. The Kier molecular flexibility index (Phi) is 5.59. The monoisotopic (exact) mass is 396 g/mol. The Hall–Kier alpha value is -2.25. The number of primary amides is 1. The van der Waals surface area contributed by atoms with Crippen molar-refractivity contribution in [3.05, 3.63) is 41.9 Å². The third-order valence-electron chi connectivity index (χ3n) is 4.67. The van der Waals surface area contributed by atoms with Gasteiger partial charge in [-0.1, -0.05) is 20.8 Å². The molecule has 1 aliphatic heterocycles. The summed E-state index contributed by atoms with van der Waals surface area (Å²) in [6.07, 6.45) is 7.25. The number of hydrogen-bond acceptors (Lipinski definition) is 4. The van der Waals surface area contributed by atoms with Crippen LogP contribution in [0, 0.1) is 0 Å². The van der Waals surface area contributed by atoms with Crippen molar-refractivity contribution >= 4 is 21.6 Å². The minimum absolute atomic E-state index is 0.122. The molecule has 2 aromatic rings. The van der Waals surface area contributed by atoms with E-state index in [1.165, 1.54) is 0 Å². The van der Waals surface area contributed by atoms with Gasteiger partial charge < -0.3 is 10.2 Å². The molecule has 28 heavy (non-hydrogen) atoms. The second-order valence-electron chi connectivity index (χ2n) is 8.73. The van der Waals surface area contributed by atoms with E-state index in [-0.39, 0.29) is 5.04 Å². The van der Waals surface area contributed by atoms with Crippen LogP contribution in [0.3, 0.4) is 0 Å². The number of rotatable bonds is 4. The van der Waals surface area contributed by atoms with Crippen molar-refractivity contribution in [2.24, 2.45) is 5.73 Å². The quantitative estimate of drug-likeness (QED) is 0.790. The van der Waals surface area contributed by atoms with E-state index in [4.69, 9.17) is 10.2 Å². The van der Waals surface area contributed by atoms with Crippen LogP contribution in [0.5, 0.6) is 0 Å². The van der Waals surface area contributed by atoms with Crippen LogP contribution in [-0.2, 0) is 16.4 Å². The Labute approximate surface area is 169 Å². The van der Waals surface area contributed by atoms with E-state index in [0.717, 1.165) is 35.1 Å². The number of fused-ring (bicyclic) bond motifs is 1. The summed E-state index contributed by atoms with van der Waals surface area (Å²) in [7, 11) is 0.391. The molecule has 148 valence electrons. The standard InChI is InChI=1S/C21H28N4O2Si/c1-20(2,3)28-27-21(4,5)17-10-16(11-23-13-17)15-9-14-7-6-8-25(19(22)26)18(14)24-12-15/h9-13H,6-8H2,1-5H3,(H2,22,26). The van der Waals surface area contributed by atoms with Crippen LogP contribution in [0.4, 0.5) is 10.6 Å². The number of carbonyl (C=O) groups is 1. The zero-order chi connectivity index (χ0) is 20.5. The molecule has 7 heteroatoms. The summed E-state index contributed by atoms with van der Waals surface area (Å²) < 4.78 is 6.22. The van der Waals surface area contributed by atoms with Crippen molar-refractivity contribution < 1.29 is 9.22 Å². The average Bonchev–Trinajstić information content (AvgIpc) is 2.65. The van der Waals surface area contributed by atoms with E-state index in [9.17, 15) is 4.79 Å². The molecule has 2 N–H and O–H groups in total. The summed E-state index contributed by atoms with van der Waals surface area (Å²) >= 11 is 0. The van der Waals surface area contributed by atoms with Gasteiger partial charge >= 0.3 is 6.03 Å². The normalized spacial score (nSPS) is 14.7. The second-order valence-corrected chi connectivity index (χ2v) is 10.6. The van der Waals surface area contributed by atoms with Gasteiger partial charge in [0.05, 0.1) is 5.60 Å². The van der Waals surface area contributed by atoms with Gasteiger partial charge in [-0.3, -0.25) is 9.88 Å². The van der Waals surface area contributed by atoms with Gasteiger partial charge in [0.2, 0.25) is 9.76 Å². The number of pyridine rings is 2. The zero-order valence-electron chi connectivity index (χ0n) is 17.2. The van der Waals surface area contributed by atoms with Crippen molar-refractivity contribution in [3.63, 3.8) is 0 Å². The summed E-state index contributed by atoms with van der Waals surface area (Å²) in [6, 6.07) is 3.74. The molecule has 0 saturated carbocycles. The number of anilines is 1. The molecule has 0 aromatic carbocycles. The number of nitrogens with zero attached hydrogens (tertiary/aromatic N) is 3. The molecule has 2 radical (unpaired) electrons. The summed E-state index contributed by atoms with van der Waals surface area (Å²) in [5.41, 5.74) is 9.08. The van der Waals surface area contributed by atoms with E-state index in [1.54, 1.807) is 11.1 Å². The van der Waals surface area contributed by atoms with Crippen molar-refractivity contribution in [1.82, 2.24) is 9.97 Å². The third kappa shape index (κ3) is 4.59. The largest absolute Gasteiger partial charge is 0.408 e. The third-order valence-corrected chi connectivity index (χ3v) is 5.90. The topological polar surface area (TPSA) is 81.3 Å². The van der Waals surface area contributed by atoms with Crippen molar-refractivity contribution in [2.45, 2.75) is 58.1 Å². The molecule has 0 bridgehead atoms. The van der Waals surface area contributed by atoms with Crippen LogP contribution in [-0.4, -0.2) is 32.3 Å². The number of amides is 2. The molecule has 0 atom stereocenters. The van der Waals surface area contributed by atoms with Crippen LogP contribution in [0.15, 0.2) is 30.7 Å². The lowest BCUT2D eigenvalue weighted by molar-refractivity contribution is 0.109. The van der Waals surface area contributed by atoms with Crippen LogP contribution >= 0.6 is 0 Å². The van der Waals surface area contributed by atoms with Crippen molar-refractivity contribution in [1.29, 1.82) is 0 Å². The molecule has 0 unspecified atom stereocenters. The van der Waals surface area contributed by atoms with E-state index < -0.39 is 11.6 Å². The van der Waals surface area contributed by atoms with Crippen LogP contribution in [0.25, 0.3) is 11.1 Å². The summed E-state index contributed by atoms with van der Waals surface area (Å²) in [6.45, 7) is 11.3. The lowest BCUT2D eigenvalue weighted by Crippen LogP contribution is -2.40. The molecular weight excluding hydrogens is 368 g/mol. The number of urea groups is 1. The fraction of sp³-hybridized carbons (Fsp3) is 0.476. The Morgan fingerprint density at radius 1 is 1.14 bits per heavy atom. The minimum atomic E-state index is -0.455. The molecule has 0 aliphatic carbocycles. The zero-order valence-corrected chi connectivity index (χ0v) is 18.2. The fourth-order valence-electron chi connectivity index (χ4n) is 3.10. The Morgan fingerprint density at radius 2 is 1.86 bits per heavy atom. The van der Waals surface area contributed by atoms with Gasteiger partial charge in [0, 0.05) is 41.8 Å². The maximum Gasteiger partial charge on any atom is 0.320 e. The highest BCUT2D eigenvalue weighted by Crippen LogP contribution is 2.33. The van der Waals surface area contributed by atoms with E-state index in [2.05, 4.69) is 56.7 Å². The highest BCUT2D eigenvalue weighted by atomic mass is 28.2. The summed E-state index contributed by atoms with van der Waals surface area (Å²) in [5.74, 6) is 0.668. The molecule has 2 amide bonds. The van der Waals surface area contributed by atoms with Gasteiger partial charge in [0.15, 0.2) is 0 Å². The first-order valence-corrected chi connectivity index (χ1v) is 10.4. The maximum atomic E-state index is 11.6. The minimum Gasteiger partial charge on any atom is -0.408 e. The fourth-order valence-corrected chi connectivity index (χ4v) is 3.78. The molecule has 3 rings (SSSR count). The van der Waals surface area contributed by atoms with Gasteiger partial charge in [-0.25, -0.2) is 9.78 Å². The van der Waals surface area contributed by atoms with Gasteiger partial charge in [-0.05, 0) is 49.4 Å². The molecule has 0 saturated heterocycles. The molecular formula is C21H28N4O2Si. The predicted octanol–water partition coefficient (Wildman–Crippen LogP) is 4.06. The first-order chi connectivity index (χ1) is 13.1. The number of aromatic nitrogens is 2. The van der Waals surface area contributed by atoms with Crippen molar-refractivity contribution in [3.8, 4) is 11.1 Å². The lowest BCUT2D eigenvalue weighted by Gasteiger charge is -2.30. The van der Waals surface area contributed by atoms with E-state index >= 15 is 0 Å². The summed E-state index contributed by atoms with van der Waals surface area (Å²) in [4.78, 5) is 22.2. The lowest BCUT2D eigenvalue weighted by atomic mass is 9.96. The van der Waals surface area contributed by atoms with Gasteiger partial charge in [0.1, 0.15) is 5.82 Å². The van der Waals surface area contributed by atoms with Gasteiger partial charge in [-0.15, -0.1) is 0 Å². The Balaban J connectivity index is 1.89. The maximum absolute atomic E-state index is 11.6. The molecule has 3 heterocycles. The van der Waals surface area contributed by atoms with Gasteiger partial charge in [-0.2, -0.15) is 0 Å². The predicted molar refractivity (Wildman–Crippen MR) is 112 cm³/mol. The Morgan fingerprint density at radius 3 is 2.54 bits per heavy atom. The molecule has 2 aromatic heterocycles. The average molecular weight is 397 g/mol. The highest BCUT2D eigenvalue weighted by Gasteiger charge is 2.26. The first-order valence-electron chi connectivity index (χ1n) is 9.54. The SMILES string of the molecule is CC(C)(C)[Si]OC(C)(C)c1cncc(-c2cnc3c(c2)CCCN3C(N)=O)c1. The number of aryl methyl sites for hydroxylation is 1. The van der Waals surface area contributed by atoms with Crippen LogP contribution in [0.2, 0.25) is 5.04 Å². The highest BCUT2D eigenvalue weighted by molar-refractivity contribution is 6.31.